The first-order valence-electron chi connectivity index (χ1n) is 9.46. The van der Waals surface area contributed by atoms with Gasteiger partial charge in [0.05, 0.1) is 5.02 Å². The minimum Gasteiger partial charge on any atom is -0.487 e. The van der Waals surface area contributed by atoms with E-state index < -0.39 is 5.82 Å². The fourth-order valence-electron chi connectivity index (χ4n) is 3.52. The molecule has 4 rings (SSSR count). The van der Waals surface area contributed by atoms with Gasteiger partial charge in [0.1, 0.15) is 30.0 Å². The molecule has 1 unspecified atom stereocenters. The number of aromatic nitrogens is 4. The van der Waals surface area contributed by atoms with Gasteiger partial charge < -0.3 is 10.5 Å². The van der Waals surface area contributed by atoms with Gasteiger partial charge in [-0.15, -0.1) is 0 Å². The van der Waals surface area contributed by atoms with Crippen molar-refractivity contribution in [2.24, 2.45) is 12.8 Å². The van der Waals surface area contributed by atoms with Crippen molar-refractivity contribution >= 4 is 22.5 Å². The average molecular weight is 426 g/mol. The van der Waals surface area contributed by atoms with Crippen molar-refractivity contribution in [3.63, 3.8) is 0 Å². The van der Waals surface area contributed by atoms with Crippen molar-refractivity contribution < 1.29 is 9.13 Å². The standard InChI is InChI=1S/C22H21ClFN5O/c1-12-7-17(22-26-11-27-29(22)3)15-5-4-6-20(21(15)28-12)30-10-18-16(13(2)25)8-14(24)9-19(18)23/h4-9,11,13H,10,25H2,1-3H3. The lowest BCUT2D eigenvalue weighted by Crippen LogP contribution is -2.11. The van der Waals surface area contributed by atoms with Crippen LogP contribution in [-0.2, 0) is 13.7 Å². The molecule has 0 spiro atoms. The Morgan fingerprint density at radius 3 is 2.77 bits per heavy atom. The van der Waals surface area contributed by atoms with Crippen LogP contribution in [0.1, 0.15) is 29.8 Å². The molecule has 2 N–H and O–H groups in total. The van der Waals surface area contributed by atoms with Crippen LogP contribution in [-0.4, -0.2) is 19.7 Å². The molecule has 0 aliphatic heterocycles. The minimum atomic E-state index is -0.424. The van der Waals surface area contributed by atoms with Crippen LogP contribution >= 0.6 is 11.6 Å². The van der Waals surface area contributed by atoms with E-state index in [0.29, 0.717) is 22.4 Å². The van der Waals surface area contributed by atoms with Gasteiger partial charge in [-0.2, -0.15) is 5.10 Å². The summed E-state index contributed by atoms with van der Waals surface area (Å²) in [5.74, 6) is 0.908. The number of ether oxygens (including phenoxy) is 1. The summed E-state index contributed by atoms with van der Waals surface area (Å²) in [5, 5.41) is 5.35. The molecule has 8 heteroatoms. The maximum absolute atomic E-state index is 13.8. The Kier molecular flexibility index (Phi) is 5.40. The summed E-state index contributed by atoms with van der Waals surface area (Å²) in [6, 6.07) is 9.97. The Bertz CT molecular complexity index is 1240. The van der Waals surface area contributed by atoms with Gasteiger partial charge in [0.2, 0.25) is 0 Å². The SMILES string of the molecule is Cc1cc(-c2ncnn2C)c2cccc(OCc3c(Cl)cc(F)cc3C(C)N)c2n1. The summed E-state index contributed by atoms with van der Waals surface area (Å²) in [7, 11) is 1.84. The van der Waals surface area contributed by atoms with E-state index in [1.54, 1.807) is 11.6 Å². The molecule has 0 radical (unpaired) electrons. The normalized spacial score (nSPS) is 12.3. The number of hydrogen-bond donors (Lipinski definition) is 1. The number of aryl methyl sites for hydroxylation is 2. The van der Waals surface area contributed by atoms with E-state index in [1.807, 2.05) is 38.2 Å². The van der Waals surface area contributed by atoms with Gasteiger partial charge in [0.25, 0.3) is 0 Å². The number of pyridine rings is 1. The fraction of sp³-hybridized carbons (Fsp3) is 0.227. The van der Waals surface area contributed by atoms with Crippen molar-refractivity contribution in [2.45, 2.75) is 26.5 Å². The molecule has 2 aromatic carbocycles. The molecule has 2 aromatic heterocycles. The molecular weight excluding hydrogens is 405 g/mol. The lowest BCUT2D eigenvalue weighted by Gasteiger charge is -2.17. The number of benzene rings is 2. The van der Waals surface area contributed by atoms with Crippen molar-refractivity contribution in [2.75, 3.05) is 0 Å². The van der Waals surface area contributed by atoms with Gasteiger partial charge in [-0.1, -0.05) is 23.7 Å². The predicted octanol–water partition coefficient (Wildman–Crippen LogP) is 4.73. The third kappa shape index (κ3) is 3.74. The first-order chi connectivity index (χ1) is 14.3. The Hall–Kier alpha value is -3.03. The number of nitrogens with zero attached hydrogens (tertiary/aromatic N) is 4. The van der Waals surface area contributed by atoms with Crippen LogP contribution in [0.25, 0.3) is 22.3 Å². The smallest absolute Gasteiger partial charge is 0.158 e. The van der Waals surface area contributed by atoms with E-state index in [1.165, 1.54) is 18.5 Å². The molecule has 0 saturated heterocycles. The molecule has 0 aliphatic carbocycles. The Labute approximate surface area is 178 Å². The second-order valence-electron chi connectivity index (χ2n) is 7.20. The number of fused-ring (bicyclic) bond motifs is 1. The number of rotatable bonds is 5. The highest BCUT2D eigenvalue weighted by molar-refractivity contribution is 6.31. The zero-order chi connectivity index (χ0) is 21.4. The summed E-state index contributed by atoms with van der Waals surface area (Å²) in [4.78, 5) is 9.05. The molecule has 0 amide bonds. The van der Waals surface area contributed by atoms with Crippen LogP contribution < -0.4 is 10.5 Å². The predicted molar refractivity (Wildman–Crippen MR) is 115 cm³/mol. The molecule has 0 bridgehead atoms. The van der Waals surface area contributed by atoms with Crippen LogP contribution in [0, 0.1) is 12.7 Å². The molecular formula is C22H21ClFN5O. The summed E-state index contributed by atoms with van der Waals surface area (Å²) in [6.45, 7) is 3.84. The minimum absolute atomic E-state index is 0.143. The summed E-state index contributed by atoms with van der Waals surface area (Å²) < 4.78 is 21.6. The lowest BCUT2D eigenvalue weighted by atomic mass is 10.0. The third-order valence-corrected chi connectivity index (χ3v) is 5.28. The van der Waals surface area contributed by atoms with Gasteiger partial charge in [0, 0.05) is 35.3 Å². The summed E-state index contributed by atoms with van der Waals surface area (Å²) >= 11 is 6.29. The monoisotopic (exact) mass is 425 g/mol. The van der Waals surface area contributed by atoms with E-state index in [-0.39, 0.29) is 17.7 Å². The van der Waals surface area contributed by atoms with E-state index in [9.17, 15) is 4.39 Å². The van der Waals surface area contributed by atoms with E-state index in [2.05, 4.69) is 15.1 Å². The highest BCUT2D eigenvalue weighted by atomic mass is 35.5. The highest BCUT2D eigenvalue weighted by Crippen LogP contribution is 2.33. The van der Waals surface area contributed by atoms with Gasteiger partial charge in [0.15, 0.2) is 5.82 Å². The molecule has 0 saturated carbocycles. The van der Waals surface area contributed by atoms with E-state index in [0.717, 1.165) is 22.5 Å². The Balaban J connectivity index is 1.77. The van der Waals surface area contributed by atoms with Crippen molar-refractivity contribution in [1.29, 1.82) is 0 Å². The molecule has 4 aromatic rings. The maximum Gasteiger partial charge on any atom is 0.158 e. The summed E-state index contributed by atoms with van der Waals surface area (Å²) in [5.41, 5.74) is 9.73. The Morgan fingerprint density at radius 2 is 2.07 bits per heavy atom. The van der Waals surface area contributed by atoms with Gasteiger partial charge in [-0.05, 0) is 43.7 Å². The van der Waals surface area contributed by atoms with E-state index >= 15 is 0 Å². The van der Waals surface area contributed by atoms with Crippen LogP contribution in [0.2, 0.25) is 5.02 Å². The fourth-order valence-corrected chi connectivity index (χ4v) is 3.79. The number of hydrogen-bond acceptors (Lipinski definition) is 5. The van der Waals surface area contributed by atoms with Gasteiger partial charge in [-0.25, -0.2) is 19.0 Å². The second-order valence-corrected chi connectivity index (χ2v) is 7.61. The first-order valence-corrected chi connectivity index (χ1v) is 9.84. The summed E-state index contributed by atoms with van der Waals surface area (Å²) in [6.07, 6.45) is 1.52. The van der Waals surface area contributed by atoms with Crippen molar-refractivity contribution in [1.82, 2.24) is 19.7 Å². The maximum atomic E-state index is 13.8. The number of halogens is 2. The third-order valence-electron chi connectivity index (χ3n) is 4.94. The molecule has 2 heterocycles. The van der Waals surface area contributed by atoms with Crippen LogP contribution in [0.15, 0.2) is 42.7 Å². The van der Waals surface area contributed by atoms with Gasteiger partial charge in [-0.3, -0.25) is 0 Å². The molecule has 0 aliphatic rings. The zero-order valence-corrected chi connectivity index (χ0v) is 17.6. The van der Waals surface area contributed by atoms with Crippen molar-refractivity contribution in [3.05, 3.63) is 70.4 Å². The zero-order valence-electron chi connectivity index (χ0n) is 16.9. The molecule has 30 heavy (non-hydrogen) atoms. The highest BCUT2D eigenvalue weighted by Gasteiger charge is 2.17. The van der Waals surface area contributed by atoms with Crippen LogP contribution in [0.5, 0.6) is 5.75 Å². The number of para-hydroxylation sites is 1. The first kappa shape index (κ1) is 20.3. The molecule has 154 valence electrons. The second kappa shape index (κ2) is 8.01. The van der Waals surface area contributed by atoms with Crippen LogP contribution in [0.3, 0.4) is 0 Å². The Morgan fingerprint density at radius 1 is 1.27 bits per heavy atom. The largest absolute Gasteiger partial charge is 0.487 e. The molecule has 1 atom stereocenters. The number of nitrogens with two attached hydrogens (primary N) is 1. The lowest BCUT2D eigenvalue weighted by molar-refractivity contribution is 0.307. The quantitative estimate of drug-likeness (QED) is 0.500. The van der Waals surface area contributed by atoms with Gasteiger partial charge >= 0.3 is 0 Å². The van der Waals surface area contributed by atoms with Crippen LogP contribution in [0.4, 0.5) is 4.39 Å². The molecule has 0 fully saturated rings. The van der Waals surface area contributed by atoms with E-state index in [4.69, 9.17) is 22.1 Å². The average Bonchev–Trinajstić information content (AvgIpc) is 3.12. The van der Waals surface area contributed by atoms with Crippen molar-refractivity contribution in [3.8, 4) is 17.1 Å². The topological polar surface area (TPSA) is 78.8 Å². The molecule has 6 nitrogen and oxygen atoms in total.